The maximum absolute atomic E-state index is 12.1. The van der Waals surface area contributed by atoms with E-state index in [9.17, 15) is 23.3 Å². The van der Waals surface area contributed by atoms with Crippen LogP contribution < -0.4 is 9.46 Å². The Bertz CT molecular complexity index is 656. The molecule has 0 fully saturated rings. The van der Waals surface area contributed by atoms with Crippen LogP contribution in [0.1, 0.15) is 20.3 Å². The van der Waals surface area contributed by atoms with Crippen LogP contribution in [0.5, 0.6) is 5.75 Å². The molecule has 0 aliphatic heterocycles. The topological polar surface area (TPSA) is 116 Å². The standard InChI is InChI=1S/C12H16N2O6S/c1-4-8(2)12(15)13-21(18,19)11-6-5-9(20-3)7-10(11)14(16)17/h5-8H,4H2,1-3H3,(H,13,15)/t8-/m1/s1. The highest BCUT2D eigenvalue weighted by Gasteiger charge is 2.29. The summed E-state index contributed by atoms with van der Waals surface area (Å²) in [4.78, 5) is 21.2. The van der Waals surface area contributed by atoms with E-state index in [1.54, 1.807) is 13.8 Å². The predicted molar refractivity (Wildman–Crippen MR) is 74.4 cm³/mol. The Balaban J connectivity index is 3.25. The third kappa shape index (κ3) is 3.91. The Morgan fingerprint density at radius 2 is 2.10 bits per heavy atom. The van der Waals surface area contributed by atoms with Gasteiger partial charge in [-0.1, -0.05) is 13.8 Å². The lowest BCUT2D eigenvalue weighted by Gasteiger charge is -2.11. The minimum atomic E-state index is -4.31. The largest absolute Gasteiger partial charge is 0.497 e. The number of nitrogens with zero attached hydrogens (tertiary/aromatic N) is 1. The van der Waals surface area contributed by atoms with E-state index < -0.39 is 37.4 Å². The lowest BCUT2D eigenvalue weighted by atomic mass is 10.1. The summed E-state index contributed by atoms with van der Waals surface area (Å²) in [5.41, 5.74) is -0.654. The molecule has 0 spiro atoms. The van der Waals surface area contributed by atoms with Gasteiger partial charge in [0.05, 0.1) is 18.1 Å². The maximum atomic E-state index is 12.1. The molecule has 1 atom stereocenters. The van der Waals surface area contributed by atoms with Crippen molar-refractivity contribution in [3.63, 3.8) is 0 Å². The number of amides is 1. The number of rotatable bonds is 6. The van der Waals surface area contributed by atoms with Crippen LogP contribution in [0, 0.1) is 16.0 Å². The minimum Gasteiger partial charge on any atom is -0.497 e. The molecule has 0 heterocycles. The van der Waals surface area contributed by atoms with Crippen molar-refractivity contribution in [2.75, 3.05) is 7.11 Å². The summed E-state index contributed by atoms with van der Waals surface area (Å²) in [6, 6.07) is 3.29. The first kappa shape index (κ1) is 16.9. The Hall–Kier alpha value is -2.16. The van der Waals surface area contributed by atoms with Crippen LogP contribution in [0.4, 0.5) is 5.69 Å². The second-order valence-electron chi connectivity index (χ2n) is 4.37. The van der Waals surface area contributed by atoms with E-state index in [1.165, 1.54) is 13.2 Å². The fraction of sp³-hybridized carbons (Fsp3) is 0.417. The van der Waals surface area contributed by atoms with Crippen molar-refractivity contribution in [3.8, 4) is 5.75 Å². The fourth-order valence-electron chi connectivity index (χ4n) is 1.47. The van der Waals surface area contributed by atoms with E-state index >= 15 is 0 Å². The number of ether oxygens (including phenoxy) is 1. The van der Waals surface area contributed by atoms with Gasteiger partial charge in [0.25, 0.3) is 15.7 Å². The molecule has 0 saturated carbocycles. The van der Waals surface area contributed by atoms with Gasteiger partial charge in [-0.05, 0) is 18.6 Å². The number of carbonyl (C=O) groups excluding carboxylic acids is 1. The summed E-state index contributed by atoms with van der Waals surface area (Å²) >= 11 is 0. The van der Waals surface area contributed by atoms with E-state index in [4.69, 9.17) is 4.74 Å². The zero-order valence-electron chi connectivity index (χ0n) is 11.8. The lowest BCUT2D eigenvalue weighted by Crippen LogP contribution is -2.34. The molecule has 1 aromatic carbocycles. The highest BCUT2D eigenvalue weighted by atomic mass is 32.2. The van der Waals surface area contributed by atoms with Crippen LogP contribution in [0.2, 0.25) is 0 Å². The monoisotopic (exact) mass is 316 g/mol. The van der Waals surface area contributed by atoms with E-state index in [0.717, 1.165) is 12.1 Å². The number of sulfonamides is 1. The first-order valence-corrected chi connectivity index (χ1v) is 7.60. The van der Waals surface area contributed by atoms with E-state index in [-0.39, 0.29) is 5.75 Å². The van der Waals surface area contributed by atoms with Gasteiger partial charge in [-0.2, -0.15) is 0 Å². The third-order valence-electron chi connectivity index (χ3n) is 2.95. The molecule has 8 nitrogen and oxygen atoms in total. The van der Waals surface area contributed by atoms with Gasteiger partial charge in [-0.15, -0.1) is 0 Å². The van der Waals surface area contributed by atoms with Gasteiger partial charge in [0.1, 0.15) is 5.75 Å². The molecule has 21 heavy (non-hydrogen) atoms. The van der Waals surface area contributed by atoms with Crippen molar-refractivity contribution in [1.82, 2.24) is 4.72 Å². The quantitative estimate of drug-likeness (QED) is 0.627. The summed E-state index contributed by atoms with van der Waals surface area (Å²) in [5, 5.41) is 11.0. The van der Waals surface area contributed by atoms with Gasteiger partial charge in [-0.3, -0.25) is 14.9 Å². The fourth-order valence-corrected chi connectivity index (χ4v) is 2.70. The summed E-state index contributed by atoms with van der Waals surface area (Å²) in [5.74, 6) is -1.08. The third-order valence-corrected chi connectivity index (χ3v) is 4.34. The zero-order chi connectivity index (χ0) is 16.2. The van der Waals surface area contributed by atoms with Gasteiger partial charge in [0, 0.05) is 5.92 Å². The number of hydrogen-bond donors (Lipinski definition) is 1. The van der Waals surface area contributed by atoms with Crippen LogP contribution in [0.25, 0.3) is 0 Å². The van der Waals surface area contributed by atoms with E-state index in [2.05, 4.69) is 0 Å². The first-order chi connectivity index (χ1) is 9.72. The second-order valence-corrected chi connectivity index (χ2v) is 6.02. The average molecular weight is 316 g/mol. The van der Waals surface area contributed by atoms with Gasteiger partial charge in [-0.25, -0.2) is 13.1 Å². The van der Waals surface area contributed by atoms with Gasteiger partial charge < -0.3 is 4.74 Å². The molecule has 0 aliphatic rings. The van der Waals surface area contributed by atoms with Gasteiger partial charge >= 0.3 is 0 Å². The van der Waals surface area contributed by atoms with Crippen molar-refractivity contribution >= 4 is 21.6 Å². The smallest absolute Gasteiger partial charge is 0.293 e. The van der Waals surface area contributed by atoms with Crippen LogP contribution >= 0.6 is 0 Å². The summed E-state index contributed by atoms with van der Waals surface area (Å²) < 4.78 is 30.9. The van der Waals surface area contributed by atoms with Crippen molar-refractivity contribution in [1.29, 1.82) is 0 Å². The maximum Gasteiger partial charge on any atom is 0.293 e. The van der Waals surface area contributed by atoms with E-state index in [0.29, 0.717) is 6.42 Å². The predicted octanol–water partition coefficient (Wildman–Crippen LogP) is 1.45. The normalized spacial score (nSPS) is 12.5. The molecule has 0 radical (unpaired) electrons. The molecular formula is C12H16N2O6S. The number of hydrogen-bond acceptors (Lipinski definition) is 6. The van der Waals surface area contributed by atoms with Crippen molar-refractivity contribution < 1.29 is 22.9 Å². The highest BCUT2D eigenvalue weighted by molar-refractivity contribution is 7.90. The summed E-state index contributed by atoms with van der Waals surface area (Å²) in [7, 11) is -3.01. The molecule has 1 aromatic rings. The number of nitro groups is 1. The Kier molecular flexibility index (Phi) is 5.25. The average Bonchev–Trinajstić information content (AvgIpc) is 2.44. The number of carbonyl (C=O) groups is 1. The highest BCUT2D eigenvalue weighted by Crippen LogP contribution is 2.28. The van der Waals surface area contributed by atoms with Crippen molar-refractivity contribution in [2.45, 2.75) is 25.2 Å². The SMILES string of the molecule is CC[C@@H](C)C(=O)NS(=O)(=O)c1ccc(OC)cc1[N+](=O)[O-]. The summed E-state index contributed by atoms with van der Waals surface area (Å²) in [6.45, 7) is 3.29. The number of benzene rings is 1. The zero-order valence-corrected chi connectivity index (χ0v) is 12.6. The number of methoxy groups -OCH3 is 1. The molecule has 0 saturated heterocycles. The van der Waals surface area contributed by atoms with Crippen LogP contribution in [0.3, 0.4) is 0 Å². The molecule has 116 valence electrons. The molecule has 0 unspecified atom stereocenters. The van der Waals surface area contributed by atoms with Crippen molar-refractivity contribution in [2.24, 2.45) is 5.92 Å². The second kappa shape index (κ2) is 6.53. The summed E-state index contributed by atoms with van der Waals surface area (Å²) in [6.07, 6.45) is 0.450. The first-order valence-electron chi connectivity index (χ1n) is 6.12. The van der Waals surface area contributed by atoms with E-state index in [1.807, 2.05) is 4.72 Å². The molecule has 9 heteroatoms. The number of nitro benzene ring substituents is 1. The molecule has 0 aliphatic carbocycles. The molecule has 0 aromatic heterocycles. The Labute approximate surface area is 122 Å². The molecule has 0 bridgehead atoms. The molecule has 1 rings (SSSR count). The van der Waals surface area contributed by atoms with Crippen LogP contribution in [0.15, 0.2) is 23.1 Å². The molecular weight excluding hydrogens is 300 g/mol. The van der Waals surface area contributed by atoms with Crippen molar-refractivity contribution in [3.05, 3.63) is 28.3 Å². The Morgan fingerprint density at radius 1 is 1.48 bits per heavy atom. The minimum absolute atomic E-state index is 0.147. The molecule has 1 amide bonds. The molecule has 1 N–H and O–H groups in total. The van der Waals surface area contributed by atoms with Gasteiger partial charge in [0.2, 0.25) is 5.91 Å². The number of nitrogens with one attached hydrogen (secondary N) is 1. The van der Waals surface area contributed by atoms with Crippen LogP contribution in [-0.4, -0.2) is 26.4 Å². The van der Waals surface area contributed by atoms with Crippen LogP contribution in [-0.2, 0) is 14.8 Å². The van der Waals surface area contributed by atoms with Gasteiger partial charge in [0.15, 0.2) is 4.90 Å². The Morgan fingerprint density at radius 3 is 2.57 bits per heavy atom. The lowest BCUT2D eigenvalue weighted by molar-refractivity contribution is -0.387.